The summed E-state index contributed by atoms with van der Waals surface area (Å²) in [7, 11) is 0. The molecule has 1 heterocycles. The minimum absolute atomic E-state index is 0.0860. The average Bonchev–Trinajstić information content (AvgIpc) is 1.96. The first-order valence-electron chi connectivity index (χ1n) is 4.13. The van der Waals surface area contributed by atoms with Crippen LogP contribution in [-0.4, -0.2) is 23.9 Å². The monoisotopic (exact) mass is 170 g/mol. The Bertz CT molecular complexity index is 213. The highest BCUT2D eigenvalue weighted by Crippen LogP contribution is 2.06. The van der Waals surface area contributed by atoms with Crippen molar-refractivity contribution in [3.8, 4) is 0 Å². The van der Waals surface area contributed by atoms with Crippen molar-refractivity contribution in [3.05, 3.63) is 0 Å². The van der Waals surface area contributed by atoms with E-state index in [1.807, 2.05) is 13.8 Å². The Hall–Kier alpha value is -1.06. The first-order chi connectivity index (χ1) is 5.52. The van der Waals surface area contributed by atoms with E-state index in [2.05, 4.69) is 10.6 Å². The lowest BCUT2D eigenvalue weighted by Crippen LogP contribution is -2.62. The summed E-state index contributed by atoms with van der Waals surface area (Å²) >= 11 is 0. The molecule has 0 bridgehead atoms. The highest BCUT2D eigenvalue weighted by atomic mass is 16.2. The molecule has 68 valence electrons. The second-order valence-electron chi connectivity index (χ2n) is 3.46. The fourth-order valence-corrected chi connectivity index (χ4v) is 1.18. The molecule has 0 aromatic carbocycles. The lowest BCUT2D eigenvalue weighted by Gasteiger charge is -2.29. The summed E-state index contributed by atoms with van der Waals surface area (Å²) in [5.41, 5.74) is 0. The third-order valence-corrected chi connectivity index (χ3v) is 2.00. The average molecular weight is 170 g/mol. The van der Waals surface area contributed by atoms with E-state index in [1.165, 1.54) is 0 Å². The van der Waals surface area contributed by atoms with Gasteiger partial charge in [-0.15, -0.1) is 0 Å². The van der Waals surface area contributed by atoms with E-state index in [-0.39, 0.29) is 23.8 Å². The Morgan fingerprint density at radius 1 is 1.17 bits per heavy atom. The summed E-state index contributed by atoms with van der Waals surface area (Å²) in [5.74, 6) is -0.0492. The van der Waals surface area contributed by atoms with Gasteiger partial charge in [-0.05, 0) is 12.8 Å². The van der Waals surface area contributed by atoms with E-state index in [4.69, 9.17) is 0 Å². The van der Waals surface area contributed by atoms with Gasteiger partial charge in [0.05, 0.1) is 0 Å². The lowest BCUT2D eigenvalue weighted by atomic mass is 10.0. The van der Waals surface area contributed by atoms with Crippen molar-refractivity contribution in [2.24, 2.45) is 5.92 Å². The molecular formula is C8H14N2O2. The Morgan fingerprint density at radius 3 is 2.25 bits per heavy atom. The molecule has 0 saturated carbocycles. The SMILES string of the molecule is CC(C)[C@@H]1NC(=O)[C@H](C)NC1=O. The van der Waals surface area contributed by atoms with Gasteiger partial charge in [0.1, 0.15) is 12.1 Å². The van der Waals surface area contributed by atoms with Crippen LogP contribution in [-0.2, 0) is 9.59 Å². The third kappa shape index (κ3) is 1.57. The van der Waals surface area contributed by atoms with Crippen molar-refractivity contribution >= 4 is 11.8 Å². The zero-order chi connectivity index (χ0) is 9.30. The molecule has 0 aromatic rings. The van der Waals surface area contributed by atoms with Gasteiger partial charge in [-0.1, -0.05) is 13.8 Å². The maximum Gasteiger partial charge on any atom is 0.243 e. The molecule has 1 rings (SSSR count). The van der Waals surface area contributed by atoms with Gasteiger partial charge in [-0.25, -0.2) is 0 Å². The first kappa shape index (κ1) is 9.03. The number of carbonyl (C=O) groups is 2. The smallest absolute Gasteiger partial charge is 0.243 e. The molecule has 0 aromatic heterocycles. The second kappa shape index (κ2) is 3.13. The van der Waals surface area contributed by atoms with Crippen molar-refractivity contribution in [1.82, 2.24) is 10.6 Å². The minimum Gasteiger partial charge on any atom is -0.343 e. The largest absolute Gasteiger partial charge is 0.343 e. The summed E-state index contributed by atoms with van der Waals surface area (Å²) in [6.45, 7) is 5.48. The van der Waals surface area contributed by atoms with Crippen molar-refractivity contribution in [2.75, 3.05) is 0 Å². The maximum atomic E-state index is 11.3. The van der Waals surface area contributed by atoms with E-state index in [0.717, 1.165) is 0 Å². The van der Waals surface area contributed by atoms with Crippen LogP contribution in [0.5, 0.6) is 0 Å². The fourth-order valence-electron chi connectivity index (χ4n) is 1.18. The molecule has 1 aliphatic heterocycles. The number of nitrogens with one attached hydrogen (secondary N) is 2. The van der Waals surface area contributed by atoms with Gasteiger partial charge >= 0.3 is 0 Å². The predicted octanol–water partition coefficient (Wildman–Crippen LogP) is -0.355. The summed E-state index contributed by atoms with van der Waals surface area (Å²) in [4.78, 5) is 22.4. The van der Waals surface area contributed by atoms with E-state index >= 15 is 0 Å². The van der Waals surface area contributed by atoms with Crippen molar-refractivity contribution in [3.63, 3.8) is 0 Å². The van der Waals surface area contributed by atoms with Gasteiger partial charge in [-0.3, -0.25) is 9.59 Å². The normalized spacial score (nSPS) is 30.0. The van der Waals surface area contributed by atoms with Crippen LogP contribution in [0.25, 0.3) is 0 Å². The van der Waals surface area contributed by atoms with Crippen LogP contribution in [0.1, 0.15) is 20.8 Å². The molecule has 4 nitrogen and oxygen atoms in total. The third-order valence-electron chi connectivity index (χ3n) is 2.00. The molecule has 12 heavy (non-hydrogen) atoms. The predicted molar refractivity (Wildman–Crippen MR) is 44.4 cm³/mol. The fraction of sp³-hybridized carbons (Fsp3) is 0.750. The van der Waals surface area contributed by atoms with Gasteiger partial charge in [0.25, 0.3) is 0 Å². The molecular weight excluding hydrogens is 156 g/mol. The van der Waals surface area contributed by atoms with E-state index < -0.39 is 6.04 Å². The van der Waals surface area contributed by atoms with Crippen LogP contribution in [0.15, 0.2) is 0 Å². The van der Waals surface area contributed by atoms with Gasteiger partial charge in [0, 0.05) is 0 Å². The molecule has 1 aliphatic rings. The second-order valence-corrected chi connectivity index (χ2v) is 3.46. The van der Waals surface area contributed by atoms with Crippen LogP contribution in [0.4, 0.5) is 0 Å². The summed E-state index contributed by atoms with van der Waals surface area (Å²) < 4.78 is 0. The van der Waals surface area contributed by atoms with E-state index in [1.54, 1.807) is 6.92 Å². The van der Waals surface area contributed by atoms with Gasteiger partial charge in [-0.2, -0.15) is 0 Å². The molecule has 0 radical (unpaired) electrons. The van der Waals surface area contributed by atoms with Crippen molar-refractivity contribution < 1.29 is 9.59 Å². The van der Waals surface area contributed by atoms with Gasteiger partial charge < -0.3 is 10.6 Å². The molecule has 0 unspecified atom stereocenters. The lowest BCUT2D eigenvalue weighted by molar-refractivity contribution is -0.137. The summed E-state index contributed by atoms with van der Waals surface area (Å²) in [5, 5.41) is 5.27. The number of piperazine rings is 1. The van der Waals surface area contributed by atoms with Crippen molar-refractivity contribution in [2.45, 2.75) is 32.9 Å². The van der Waals surface area contributed by atoms with Crippen LogP contribution >= 0.6 is 0 Å². The number of hydrogen-bond donors (Lipinski definition) is 2. The minimum atomic E-state index is -0.396. The van der Waals surface area contributed by atoms with Gasteiger partial charge in [0.2, 0.25) is 11.8 Å². The molecule has 0 spiro atoms. The Balaban J connectivity index is 2.68. The summed E-state index contributed by atoms with van der Waals surface area (Å²) in [6, 6.07) is -0.763. The van der Waals surface area contributed by atoms with Crippen molar-refractivity contribution in [1.29, 1.82) is 0 Å². The molecule has 2 amide bonds. The molecule has 1 saturated heterocycles. The molecule has 2 N–H and O–H groups in total. The zero-order valence-electron chi connectivity index (χ0n) is 7.55. The topological polar surface area (TPSA) is 58.2 Å². The standard InChI is InChI=1S/C8H14N2O2/c1-4(2)6-8(12)9-5(3)7(11)10-6/h4-6H,1-3H3,(H,9,12)(H,10,11)/t5-,6-/m0/s1. The molecule has 0 aliphatic carbocycles. The highest BCUT2D eigenvalue weighted by Gasteiger charge is 2.32. The van der Waals surface area contributed by atoms with Crippen LogP contribution in [0.2, 0.25) is 0 Å². The molecule has 4 heteroatoms. The Kier molecular flexibility index (Phi) is 2.35. The van der Waals surface area contributed by atoms with Crippen LogP contribution in [0, 0.1) is 5.92 Å². The van der Waals surface area contributed by atoms with E-state index in [0.29, 0.717) is 0 Å². The Labute approximate surface area is 71.7 Å². The number of carbonyl (C=O) groups excluding carboxylic acids is 2. The summed E-state index contributed by atoms with van der Waals surface area (Å²) in [6.07, 6.45) is 0. The molecule has 1 fully saturated rings. The zero-order valence-corrected chi connectivity index (χ0v) is 7.55. The Morgan fingerprint density at radius 2 is 1.75 bits per heavy atom. The quantitative estimate of drug-likeness (QED) is 0.565. The number of rotatable bonds is 1. The first-order valence-corrected chi connectivity index (χ1v) is 4.13. The highest BCUT2D eigenvalue weighted by molar-refractivity contribution is 5.96. The van der Waals surface area contributed by atoms with E-state index in [9.17, 15) is 9.59 Å². The number of hydrogen-bond acceptors (Lipinski definition) is 2. The van der Waals surface area contributed by atoms with Crippen LogP contribution < -0.4 is 10.6 Å². The van der Waals surface area contributed by atoms with Crippen LogP contribution in [0.3, 0.4) is 0 Å². The molecule has 2 atom stereocenters. The maximum absolute atomic E-state index is 11.3. The number of amides is 2. The van der Waals surface area contributed by atoms with Gasteiger partial charge in [0.15, 0.2) is 0 Å².